The van der Waals surface area contributed by atoms with Gasteiger partial charge in [0, 0.05) is 33.6 Å². The molecule has 0 unspecified atom stereocenters. The van der Waals surface area contributed by atoms with E-state index < -0.39 is 28.1 Å². The average Bonchev–Trinajstić information content (AvgIpc) is 2.98. The van der Waals surface area contributed by atoms with Gasteiger partial charge in [-0.2, -0.15) is 0 Å². The first-order valence-corrected chi connectivity index (χ1v) is 10.4. The highest BCUT2D eigenvalue weighted by molar-refractivity contribution is 7.89. The summed E-state index contributed by atoms with van der Waals surface area (Å²) in [5.74, 6) is -1.35. The Morgan fingerprint density at radius 3 is 2.50 bits per heavy atom. The molecule has 0 radical (unpaired) electrons. The molecule has 10 heteroatoms. The first kappa shape index (κ1) is 20.6. The van der Waals surface area contributed by atoms with E-state index in [1.165, 1.54) is 26.2 Å². The Bertz CT molecular complexity index is 863. The number of benzene rings is 1. The van der Waals surface area contributed by atoms with E-state index in [0.29, 0.717) is 32.0 Å². The lowest BCUT2D eigenvalue weighted by Gasteiger charge is -2.30. The van der Waals surface area contributed by atoms with E-state index in [2.05, 4.69) is 0 Å². The Kier molecular flexibility index (Phi) is 5.92. The van der Waals surface area contributed by atoms with Crippen LogP contribution < -0.4 is 4.90 Å². The van der Waals surface area contributed by atoms with Crippen LogP contribution in [-0.2, 0) is 29.0 Å². The van der Waals surface area contributed by atoms with Crippen molar-refractivity contribution in [3.8, 4) is 0 Å². The molecule has 9 nitrogen and oxygen atoms in total. The Morgan fingerprint density at radius 2 is 1.93 bits per heavy atom. The molecule has 0 N–H and O–H groups in total. The molecule has 3 rings (SSSR count). The topological polar surface area (TPSA) is 102 Å². The Balaban J connectivity index is 1.96. The van der Waals surface area contributed by atoms with Gasteiger partial charge in [0.15, 0.2) is 0 Å². The van der Waals surface area contributed by atoms with Gasteiger partial charge in [-0.25, -0.2) is 22.3 Å². The number of hydrogen-bond donors (Lipinski definition) is 0. The molecular weight excluding hydrogens is 388 g/mol. The van der Waals surface area contributed by atoms with E-state index in [4.69, 9.17) is 14.2 Å². The summed E-state index contributed by atoms with van der Waals surface area (Å²) in [5, 5.41) is 0. The number of anilines is 1. The molecule has 154 valence electrons. The summed E-state index contributed by atoms with van der Waals surface area (Å²) in [7, 11) is -0.905. The van der Waals surface area contributed by atoms with Crippen LogP contribution in [0.15, 0.2) is 23.1 Å². The second-order valence-electron chi connectivity index (χ2n) is 6.94. The molecule has 0 amide bonds. The van der Waals surface area contributed by atoms with Crippen molar-refractivity contribution >= 4 is 27.6 Å². The van der Waals surface area contributed by atoms with Crippen LogP contribution in [0, 0.1) is 0 Å². The van der Waals surface area contributed by atoms with Crippen LogP contribution in [0.25, 0.3) is 0 Å². The molecule has 2 heterocycles. The fourth-order valence-corrected chi connectivity index (χ4v) is 4.07. The SMILES string of the molecule is C[C@H]1C[C@@H](OC(=O)c2cc(S(=O)(=O)N(C)C)ccc2N2CCOCC2)C(=O)O1. The van der Waals surface area contributed by atoms with Gasteiger partial charge < -0.3 is 19.1 Å². The minimum absolute atomic E-state index is 0.0242. The number of hydrogen-bond acceptors (Lipinski definition) is 8. The number of ether oxygens (including phenoxy) is 3. The molecule has 2 fully saturated rings. The zero-order valence-corrected chi connectivity index (χ0v) is 16.9. The van der Waals surface area contributed by atoms with Gasteiger partial charge in [-0.1, -0.05) is 0 Å². The molecule has 1 aromatic rings. The van der Waals surface area contributed by atoms with Crippen LogP contribution in [0.4, 0.5) is 5.69 Å². The van der Waals surface area contributed by atoms with Crippen molar-refractivity contribution in [2.24, 2.45) is 0 Å². The average molecular weight is 412 g/mol. The van der Waals surface area contributed by atoms with E-state index in [0.717, 1.165) is 4.31 Å². The highest BCUT2D eigenvalue weighted by Gasteiger charge is 2.36. The molecule has 2 saturated heterocycles. The van der Waals surface area contributed by atoms with Crippen LogP contribution >= 0.6 is 0 Å². The second-order valence-corrected chi connectivity index (χ2v) is 9.09. The molecule has 2 atom stereocenters. The number of cyclic esters (lactones) is 1. The summed E-state index contributed by atoms with van der Waals surface area (Å²) in [6, 6.07) is 4.35. The van der Waals surface area contributed by atoms with E-state index >= 15 is 0 Å². The monoisotopic (exact) mass is 412 g/mol. The first-order chi connectivity index (χ1) is 13.2. The summed E-state index contributed by atoms with van der Waals surface area (Å²) in [5.41, 5.74) is 0.641. The maximum Gasteiger partial charge on any atom is 0.347 e. The summed E-state index contributed by atoms with van der Waals surface area (Å²) >= 11 is 0. The van der Waals surface area contributed by atoms with Gasteiger partial charge in [0.25, 0.3) is 0 Å². The van der Waals surface area contributed by atoms with E-state index in [-0.39, 0.29) is 23.0 Å². The summed E-state index contributed by atoms with van der Waals surface area (Å²) < 4.78 is 41.8. The second kappa shape index (κ2) is 8.06. The third-order valence-electron chi connectivity index (χ3n) is 4.69. The normalized spacial score (nSPS) is 23.0. The lowest BCUT2D eigenvalue weighted by molar-refractivity contribution is -0.147. The smallest absolute Gasteiger partial charge is 0.347 e. The van der Waals surface area contributed by atoms with Crippen molar-refractivity contribution in [3.63, 3.8) is 0 Å². The number of rotatable bonds is 5. The summed E-state index contributed by atoms with van der Waals surface area (Å²) in [6.07, 6.45) is -1.05. The molecule has 0 spiro atoms. The van der Waals surface area contributed by atoms with E-state index in [1.807, 2.05) is 4.90 Å². The van der Waals surface area contributed by atoms with Gasteiger partial charge >= 0.3 is 11.9 Å². The van der Waals surface area contributed by atoms with Gasteiger partial charge in [0.2, 0.25) is 16.1 Å². The van der Waals surface area contributed by atoms with Crippen molar-refractivity contribution in [1.29, 1.82) is 0 Å². The zero-order valence-electron chi connectivity index (χ0n) is 16.1. The summed E-state index contributed by atoms with van der Waals surface area (Å²) in [4.78, 5) is 26.6. The van der Waals surface area contributed by atoms with Crippen molar-refractivity contribution in [3.05, 3.63) is 23.8 Å². The fourth-order valence-electron chi connectivity index (χ4n) is 3.14. The molecule has 2 aliphatic rings. The highest BCUT2D eigenvalue weighted by atomic mass is 32.2. The van der Waals surface area contributed by atoms with Gasteiger partial charge in [-0.3, -0.25) is 0 Å². The minimum atomic E-state index is -3.74. The Hall–Kier alpha value is -2.17. The molecule has 0 aromatic heterocycles. The quantitative estimate of drug-likeness (QED) is 0.649. The molecular formula is C18H24N2O7S. The number of carbonyl (C=O) groups is 2. The van der Waals surface area contributed by atoms with Crippen LogP contribution in [0.2, 0.25) is 0 Å². The Morgan fingerprint density at radius 1 is 1.25 bits per heavy atom. The third-order valence-corrected chi connectivity index (χ3v) is 6.50. The van der Waals surface area contributed by atoms with E-state index in [1.54, 1.807) is 13.0 Å². The fraction of sp³-hybridized carbons (Fsp3) is 0.556. The van der Waals surface area contributed by atoms with Crippen LogP contribution in [0.1, 0.15) is 23.7 Å². The van der Waals surface area contributed by atoms with Crippen molar-refractivity contribution < 1.29 is 32.2 Å². The predicted octanol–water partition coefficient (Wildman–Crippen LogP) is 0.634. The molecule has 1 aromatic carbocycles. The standard InChI is InChI=1S/C18H24N2O7S/c1-12-10-16(18(22)26-12)27-17(21)14-11-13(28(23,24)19(2)3)4-5-15(14)20-6-8-25-9-7-20/h4-5,11-12,16H,6-10H2,1-3H3/t12-,16+/m0/s1. The lowest BCUT2D eigenvalue weighted by Crippen LogP contribution is -2.37. The van der Waals surface area contributed by atoms with Crippen molar-refractivity contribution in [1.82, 2.24) is 4.31 Å². The van der Waals surface area contributed by atoms with Crippen molar-refractivity contribution in [2.75, 3.05) is 45.3 Å². The molecule has 2 aliphatic heterocycles. The van der Waals surface area contributed by atoms with Gasteiger partial charge in [0.1, 0.15) is 6.10 Å². The molecule has 0 aliphatic carbocycles. The first-order valence-electron chi connectivity index (χ1n) is 9.01. The lowest BCUT2D eigenvalue weighted by atomic mass is 10.1. The van der Waals surface area contributed by atoms with Crippen LogP contribution in [0.3, 0.4) is 0 Å². The van der Waals surface area contributed by atoms with Crippen LogP contribution in [-0.4, -0.2) is 77.3 Å². The third kappa shape index (κ3) is 4.13. The number of nitrogens with zero attached hydrogens (tertiary/aromatic N) is 2. The van der Waals surface area contributed by atoms with Gasteiger partial charge in [-0.15, -0.1) is 0 Å². The summed E-state index contributed by atoms with van der Waals surface area (Å²) in [6.45, 7) is 3.83. The minimum Gasteiger partial charge on any atom is -0.460 e. The number of carbonyl (C=O) groups excluding carboxylic acids is 2. The zero-order chi connectivity index (χ0) is 20.5. The Labute approximate surface area is 164 Å². The molecule has 28 heavy (non-hydrogen) atoms. The molecule has 0 saturated carbocycles. The maximum atomic E-state index is 12.9. The number of sulfonamides is 1. The van der Waals surface area contributed by atoms with Gasteiger partial charge in [0.05, 0.1) is 29.4 Å². The van der Waals surface area contributed by atoms with Crippen LogP contribution in [0.5, 0.6) is 0 Å². The highest BCUT2D eigenvalue weighted by Crippen LogP contribution is 2.28. The van der Waals surface area contributed by atoms with Crippen molar-refractivity contribution in [2.45, 2.75) is 30.4 Å². The van der Waals surface area contributed by atoms with Gasteiger partial charge in [-0.05, 0) is 25.1 Å². The maximum absolute atomic E-state index is 12.9. The predicted molar refractivity (Wildman–Crippen MR) is 99.7 cm³/mol. The number of morpholine rings is 1. The molecule has 0 bridgehead atoms. The van der Waals surface area contributed by atoms with E-state index in [9.17, 15) is 18.0 Å². The largest absolute Gasteiger partial charge is 0.460 e. The number of esters is 2.